The van der Waals surface area contributed by atoms with Crippen molar-refractivity contribution in [3.05, 3.63) is 41.5 Å². The Morgan fingerprint density at radius 3 is 3.11 bits per heavy atom. The highest BCUT2D eigenvalue weighted by molar-refractivity contribution is 5.30. The van der Waals surface area contributed by atoms with Crippen LogP contribution in [0.25, 0.3) is 0 Å². The second-order valence-corrected chi connectivity index (χ2v) is 5.17. The molecule has 3 rings (SSSR count). The summed E-state index contributed by atoms with van der Waals surface area (Å²) in [5.41, 5.74) is 1.22. The van der Waals surface area contributed by atoms with E-state index in [1.807, 2.05) is 12.1 Å². The lowest BCUT2D eigenvalue weighted by atomic mass is 10.0. The van der Waals surface area contributed by atoms with Crippen molar-refractivity contribution >= 4 is 0 Å². The number of methoxy groups -OCH3 is 1. The topological polar surface area (TPSA) is 39.9 Å². The van der Waals surface area contributed by atoms with Gasteiger partial charge < -0.3 is 9.30 Å². The molecule has 1 aromatic carbocycles. The minimum absolute atomic E-state index is 0.513. The summed E-state index contributed by atoms with van der Waals surface area (Å²) in [5, 5.41) is 8.70. The summed E-state index contributed by atoms with van der Waals surface area (Å²) in [6, 6.07) is 8.67. The molecule has 0 amide bonds. The Balaban J connectivity index is 1.89. The molecule has 0 N–H and O–H groups in total. The Morgan fingerprint density at radius 2 is 2.26 bits per heavy atom. The van der Waals surface area contributed by atoms with Crippen molar-refractivity contribution in [3.63, 3.8) is 0 Å². The van der Waals surface area contributed by atoms with E-state index in [0.29, 0.717) is 6.04 Å². The van der Waals surface area contributed by atoms with E-state index in [9.17, 15) is 0 Å². The summed E-state index contributed by atoms with van der Waals surface area (Å²) in [7, 11) is 1.69. The number of nitrogens with zero attached hydrogens (tertiary/aromatic N) is 3. The fraction of sp³-hybridized carbons (Fsp3) is 0.467. The number of hydrogen-bond donors (Lipinski definition) is 0. The van der Waals surface area contributed by atoms with Crippen molar-refractivity contribution in [3.8, 4) is 5.75 Å². The van der Waals surface area contributed by atoms with Crippen LogP contribution < -0.4 is 4.74 Å². The molecule has 1 unspecified atom stereocenters. The molecule has 0 aliphatic carbocycles. The van der Waals surface area contributed by atoms with E-state index < -0.39 is 0 Å². The van der Waals surface area contributed by atoms with E-state index in [2.05, 4.69) is 33.8 Å². The average molecular weight is 257 g/mol. The number of aromatic nitrogens is 3. The summed E-state index contributed by atoms with van der Waals surface area (Å²) in [5.74, 6) is 3.09. The largest absolute Gasteiger partial charge is 0.497 e. The molecule has 0 saturated carbocycles. The van der Waals surface area contributed by atoms with Crippen LogP contribution in [-0.2, 0) is 12.8 Å². The van der Waals surface area contributed by atoms with Crippen LogP contribution in [-0.4, -0.2) is 21.9 Å². The van der Waals surface area contributed by atoms with E-state index in [-0.39, 0.29) is 0 Å². The molecule has 2 heterocycles. The van der Waals surface area contributed by atoms with E-state index in [0.717, 1.165) is 30.2 Å². The van der Waals surface area contributed by atoms with E-state index in [1.165, 1.54) is 18.4 Å². The molecule has 2 aromatic rings. The third kappa shape index (κ3) is 2.35. The first-order valence-corrected chi connectivity index (χ1v) is 6.83. The van der Waals surface area contributed by atoms with Crippen molar-refractivity contribution in [2.45, 2.75) is 38.6 Å². The summed E-state index contributed by atoms with van der Waals surface area (Å²) in [6.45, 7) is 2.25. The first-order chi connectivity index (χ1) is 9.28. The van der Waals surface area contributed by atoms with Crippen molar-refractivity contribution in [2.75, 3.05) is 7.11 Å². The minimum Gasteiger partial charge on any atom is -0.497 e. The molecule has 0 bridgehead atoms. The van der Waals surface area contributed by atoms with Crippen LogP contribution in [0, 0.1) is 0 Å². The number of benzene rings is 1. The third-order valence-corrected chi connectivity index (χ3v) is 3.80. The summed E-state index contributed by atoms with van der Waals surface area (Å²) in [6.07, 6.45) is 4.30. The molecule has 0 radical (unpaired) electrons. The third-order valence-electron chi connectivity index (χ3n) is 3.80. The van der Waals surface area contributed by atoms with Crippen molar-refractivity contribution < 1.29 is 4.74 Å². The van der Waals surface area contributed by atoms with Gasteiger partial charge in [-0.25, -0.2) is 0 Å². The monoisotopic (exact) mass is 257 g/mol. The highest BCUT2D eigenvalue weighted by atomic mass is 16.5. The Kier molecular flexibility index (Phi) is 3.23. The van der Waals surface area contributed by atoms with Crippen LogP contribution in [0.3, 0.4) is 0 Å². The van der Waals surface area contributed by atoms with Gasteiger partial charge in [-0.2, -0.15) is 0 Å². The van der Waals surface area contributed by atoms with Crippen LogP contribution in [0.1, 0.15) is 43.0 Å². The van der Waals surface area contributed by atoms with Gasteiger partial charge in [0.15, 0.2) is 0 Å². The molecule has 4 nitrogen and oxygen atoms in total. The van der Waals surface area contributed by atoms with Crippen LogP contribution in [0.4, 0.5) is 0 Å². The van der Waals surface area contributed by atoms with E-state index in [1.54, 1.807) is 7.11 Å². The summed E-state index contributed by atoms with van der Waals surface area (Å²) >= 11 is 0. The summed E-state index contributed by atoms with van der Waals surface area (Å²) < 4.78 is 7.57. The fourth-order valence-electron chi connectivity index (χ4n) is 2.81. The second-order valence-electron chi connectivity index (χ2n) is 5.17. The molecular formula is C15H19N3O. The Hall–Kier alpha value is -1.84. The van der Waals surface area contributed by atoms with Gasteiger partial charge in [0.2, 0.25) is 0 Å². The number of fused-ring (bicyclic) bond motifs is 1. The minimum atomic E-state index is 0.513. The molecular weight excluding hydrogens is 238 g/mol. The highest BCUT2D eigenvalue weighted by Crippen LogP contribution is 2.26. The first-order valence-electron chi connectivity index (χ1n) is 6.83. The van der Waals surface area contributed by atoms with Crippen molar-refractivity contribution in [1.29, 1.82) is 0 Å². The summed E-state index contributed by atoms with van der Waals surface area (Å²) in [4.78, 5) is 0. The molecule has 19 heavy (non-hydrogen) atoms. The lowest BCUT2D eigenvalue weighted by Gasteiger charge is -2.22. The van der Waals surface area contributed by atoms with Crippen LogP contribution in [0.15, 0.2) is 24.3 Å². The number of rotatable bonds is 3. The number of ether oxygens (including phenoxy) is 1. The molecule has 4 heteroatoms. The molecule has 0 fully saturated rings. The molecule has 1 aliphatic heterocycles. The van der Waals surface area contributed by atoms with Crippen LogP contribution in [0.5, 0.6) is 5.75 Å². The van der Waals surface area contributed by atoms with Crippen molar-refractivity contribution in [2.24, 2.45) is 0 Å². The van der Waals surface area contributed by atoms with Crippen LogP contribution in [0.2, 0.25) is 0 Å². The van der Waals surface area contributed by atoms with E-state index >= 15 is 0 Å². The number of hydrogen-bond acceptors (Lipinski definition) is 3. The second kappa shape index (κ2) is 5.03. The van der Waals surface area contributed by atoms with Gasteiger partial charge in [-0.3, -0.25) is 0 Å². The molecule has 1 atom stereocenters. The lowest BCUT2D eigenvalue weighted by Crippen LogP contribution is -2.17. The van der Waals surface area contributed by atoms with Gasteiger partial charge in [-0.15, -0.1) is 10.2 Å². The zero-order chi connectivity index (χ0) is 13.2. The predicted molar refractivity (Wildman–Crippen MR) is 73.5 cm³/mol. The highest BCUT2D eigenvalue weighted by Gasteiger charge is 2.21. The molecule has 0 spiro atoms. The fourth-order valence-corrected chi connectivity index (χ4v) is 2.81. The lowest BCUT2D eigenvalue weighted by molar-refractivity contribution is 0.412. The zero-order valence-electron chi connectivity index (χ0n) is 11.5. The average Bonchev–Trinajstić information content (AvgIpc) is 2.84. The van der Waals surface area contributed by atoms with Gasteiger partial charge in [-0.05, 0) is 37.5 Å². The van der Waals surface area contributed by atoms with Gasteiger partial charge in [-0.1, -0.05) is 12.1 Å². The quantitative estimate of drug-likeness (QED) is 0.849. The maximum atomic E-state index is 5.26. The molecule has 1 aliphatic rings. The smallest absolute Gasteiger partial charge is 0.137 e. The standard InChI is InChI=1S/C15H19N3O/c1-11-5-3-8-14-16-17-15(18(11)14)10-12-6-4-7-13(9-12)19-2/h4,6-7,9,11H,3,5,8,10H2,1-2H3. The van der Waals surface area contributed by atoms with Crippen LogP contribution >= 0.6 is 0 Å². The Morgan fingerprint density at radius 1 is 1.37 bits per heavy atom. The molecule has 1 aromatic heterocycles. The Labute approximate surface area is 113 Å². The Bertz CT molecular complexity index is 577. The predicted octanol–water partition coefficient (Wildman–Crippen LogP) is 2.77. The van der Waals surface area contributed by atoms with E-state index in [4.69, 9.17) is 4.74 Å². The SMILES string of the molecule is COc1cccc(Cc2nnc3n2C(C)CCC3)c1. The van der Waals surface area contributed by atoms with Gasteiger partial charge in [0, 0.05) is 18.9 Å². The van der Waals surface area contributed by atoms with Gasteiger partial charge >= 0.3 is 0 Å². The van der Waals surface area contributed by atoms with Gasteiger partial charge in [0.1, 0.15) is 17.4 Å². The maximum Gasteiger partial charge on any atom is 0.137 e. The zero-order valence-corrected chi connectivity index (χ0v) is 11.5. The maximum absolute atomic E-state index is 5.26. The van der Waals surface area contributed by atoms with Gasteiger partial charge in [0.05, 0.1) is 7.11 Å². The molecule has 100 valence electrons. The molecule has 0 saturated heterocycles. The van der Waals surface area contributed by atoms with Crippen molar-refractivity contribution in [1.82, 2.24) is 14.8 Å². The van der Waals surface area contributed by atoms with Gasteiger partial charge in [0.25, 0.3) is 0 Å². The first kappa shape index (κ1) is 12.2. The number of aryl methyl sites for hydroxylation is 1. The normalized spacial score (nSPS) is 18.1.